The summed E-state index contributed by atoms with van der Waals surface area (Å²) in [7, 11) is 0. The lowest BCUT2D eigenvalue weighted by Crippen LogP contribution is -2.69. The van der Waals surface area contributed by atoms with E-state index in [1.807, 2.05) is 32.9 Å². The Kier molecular flexibility index (Phi) is 4.28. The Morgan fingerprint density at radius 2 is 2.07 bits per heavy atom. The molecule has 150 valence electrons. The largest absolute Gasteiger partial charge is 0.390 e. The lowest BCUT2D eigenvalue weighted by molar-refractivity contribution is -0.218. The van der Waals surface area contributed by atoms with Gasteiger partial charge in [-0.3, -0.25) is 4.79 Å². The molecule has 3 saturated carbocycles. The third-order valence-corrected chi connectivity index (χ3v) is 9.07. The van der Waals surface area contributed by atoms with Gasteiger partial charge in [-0.15, -0.1) is 11.6 Å². The molecule has 3 nitrogen and oxygen atoms in total. The second-order valence-electron chi connectivity index (χ2n) is 9.69. The summed E-state index contributed by atoms with van der Waals surface area (Å²) >= 11 is 5.83. The minimum atomic E-state index is -1.78. The molecule has 27 heavy (non-hydrogen) atoms. The summed E-state index contributed by atoms with van der Waals surface area (Å²) in [6.45, 7) is 5.62. The van der Waals surface area contributed by atoms with Gasteiger partial charge in [0.05, 0.1) is 12.0 Å². The van der Waals surface area contributed by atoms with Gasteiger partial charge in [0, 0.05) is 16.7 Å². The van der Waals surface area contributed by atoms with Crippen molar-refractivity contribution >= 4 is 17.4 Å². The number of aliphatic hydroxyl groups is 2. The number of halogens is 2. The number of Topliss-reactive ketones (excluding diaryl/α,β-unsaturated/α-hetero) is 1. The quantitative estimate of drug-likeness (QED) is 0.548. The van der Waals surface area contributed by atoms with Crippen molar-refractivity contribution in [1.29, 1.82) is 0 Å². The summed E-state index contributed by atoms with van der Waals surface area (Å²) in [5, 5.41) is 22.6. The normalized spacial score (nSPS) is 54.0. The van der Waals surface area contributed by atoms with Crippen LogP contribution in [0.5, 0.6) is 0 Å². The molecule has 4 rings (SSSR count). The Hall–Kier alpha value is -0.710. The van der Waals surface area contributed by atoms with Crippen molar-refractivity contribution in [2.24, 2.45) is 28.6 Å². The van der Waals surface area contributed by atoms with Crippen LogP contribution >= 0.6 is 11.6 Å². The average Bonchev–Trinajstić information content (AvgIpc) is 2.83. The highest BCUT2D eigenvalue weighted by Crippen LogP contribution is 2.70. The lowest BCUT2D eigenvalue weighted by atomic mass is 9.44. The van der Waals surface area contributed by atoms with Gasteiger partial charge in [-0.2, -0.15) is 0 Å². The fourth-order valence-electron chi connectivity index (χ4n) is 7.38. The van der Waals surface area contributed by atoms with Crippen molar-refractivity contribution in [3.8, 4) is 0 Å². The molecular weight excluding hydrogens is 367 g/mol. The average molecular weight is 397 g/mol. The number of ketones is 1. The molecule has 4 aliphatic rings. The van der Waals surface area contributed by atoms with Crippen molar-refractivity contribution in [1.82, 2.24) is 0 Å². The molecule has 0 spiro atoms. The van der Waals surface area contributed by atoms with Gasteiger partial charge in [0.15, 0.2) is 11.5 Å². The summed E-state index contributed by atoms with van der Waals surface area (Å²) in [6, 6.07) is 0. The van der Waals surface area contributed by atoms with E-state index in [9.17, 15) is 15.0 Å². The first-order valence-electron chi connectivity index (χ1n) is 10.1. The van der Waals surface area contributed by atoms with Crippen molar-refractivity contribution in [3.63, 3.8) is 0 Å². The van der Waals surface area contributed by atoms with E-state index in [0.717, 1.165) is 18.4 Å². The number of allylic oxidation sites excluding steroid dienone is 4. The molecule has 0 unspecified atom stereocenters. The number of hydrogen-bond donors (Lipinski definition) is 2. The zero-order valence-electron chi connectivity index (χ0n) is 16.3. The molecule has 8 atom stereocenters. The van der Waals surface area contributed by atoms with Gasteiger partial charge in [-0.25, -0.2) is 4.39 Å². The molecule has 0 saturated heterocycles. The summed E-state index contributed by atoms with van der Waals surface area (Å²) in [6.07, 6.45) is 7.69. The van der Waals surface area contributed by atoms with Crippen LogP contribution in [0.4, 0.5) is 4.39 Å². The van der Waals surface area contributed by atoms with Gasteiger partial charge >= 0.3 is 0 Å². The van der Waals surface area contributed by atoms with E-state index < -0.39 is 39.9 Å². The Labute approximate surface area is 165 Å². The van der Waals surface area contributed by atoms with Crippen LogP contribution in [-0.2, 0) is 4.79 Å². The fraction of sp³-hybridized carbons (Fsp3) is 0.773. The van der Waals surface area contributed by atoms with Crippen LogP contribution in [0.1, 0.15) is 52.9 Å². The number of aliphatic hydroxyl groups excluding tert-OH is 1. The fourth-order valence-corrected chi connectivity index (χ4v) is 7.58. The smallest absolute Gasteiger partial charge is 0.179 e. The number of fused-ring (bicyclic) bond motifs is 5. The molecule has 0 bridgehead atoms. The van der Waals surface area contributed by atoms with E-state index in [0.29, 0.717) is 12.8 Å². The molecule has 0 aromatic carbocycles. The molecule has 2 N–H and O–H groups in total. The predicted molar refractivity (Wildman–Crippen MR) is 103 cm³/mol. The molecule has 0 aromatic heterocycles. The van der Waals surface area contributed by atoms with Crippen LogP contribution in [0.3, 0.4) is 0 Å². The summed E-state index contributed by atoms with van der Waals surface area (Å²) in [4.78, 5) is 12.7. The molecule has 0 aromatic rings. The van der Waals surface area contributed by atoms with Crippen LogP contribution in [0.15, 0.2) is 23.8 Å². The maximum Gasteiger partial charge on any atom is 0.179 e. The minimum absolute atomic E-state index is 0.0743. The topological polar surface area (TPSA) is 57.5 Å². The zero-order valence-corrected chi connectivity index (χ0v) is 17.1. The molecule has 0 heterocycles. The van der Waals surface area contributed by atoms with E-state index in [-0.39, 0.29) is 24.1 Å². The van der Waals surface area contributed by atoms with Crippen molar-refractivity contribution in [2.75, 3.05) is 5.88 Å². The zero-order chi connectivity index (χ0) is 19.8. The summed E-state index contributed by atoms with van der Waals surface area (Å²) in [5.41, 5.74) is -4.01. The number of rotatable bonds is 2. The second kappa shape index (κ2) is 5.90. The Balaban J connectivity index is 1.84. The first-order chi connectivity index (χ1) is 12.6. The number of carbonyl (C=O) groups is 1. The SMILES string of the molecule is C[C@H]1C[C@H]2[C@@H]3CCC4=CCC=C[C@]4(C)[C@@]3(F)[C@@H](O)C[C@]2(C)[C@@]1(O)C(=O)CCl. The standard InChI is InChI=1S/C22H30ClFO3/c1-13-10-16-15-8-7-14-6-4-5-9-19(14,2)21(15,24)17(25)11-20(16,3)22(13,27)18(26)12-23/h5-6,9,13,15-17,25,27H,4,7-8,10-12H2,1-3H3/t13-,15-,16-,17-,19-,20-,21-,22-/m0/s1. The maximum absolute atomic E-state index is 16.9. The Morgan fingerprint density at radius 3 is 2.74 bits per heavy atom. The van der Waals surface area contributed by atoms with Gasteiger partial charge in [0.25, 0.3) is 0 Å². The highest BCUT2D eigenvalue weighted by atomic mass is 35.5. The van der Waals surface area contributed by atoms with Crippen LogP contribution in [0, 0.1) is 28.6 Å². The maximum atomic E-state index is 16.9. The summed E-state index contributed by atoms with van der Waals surface area (Å²) in [5.74, 6) is -1.53. The molecule has 0 radical (unpaired) electrons. The lowest BCUT2D eigenvalue weighted by Gasteiger charge is -2.62. The van der Waals surface area contributed by atoms with Gasteiger partial charge in [-0.1, -0.05) is 37.6 Å². The van der Waals surface area contributed by atoms with Crippen LogP contribution < -0.4 is 0 Å². The molecule has 4 aliphatic carbocycles. The number of hydrogen-bond acceptors (Lipinski definition) is 3. The molecule has 0 aliphatic heterocycles. The van der Waals surface area contributed by atoms with Crippen LogP contribution in [-0.4, -0.2) is 39.3 Å². The first-order valence-corrected chi connectivity index (χ1v) is 10.7. The second-order valence-corrected chi connectivity index (χ2v) is 9.95. The van der Waals surface area contributed by atoms with E-state index in [4.69, 9.17) is 11.6 Å². The van der Waals surface area contributed by atoms with E-state index >= 15 is 4.39 Å². The molecular formula is C22H30ClFO3. The third kappa shape index (κ3) is 2.08. The first kappa shape index (κ1) is 19.6. The number of carbonyl (C=O) groups excluding carboxylic acids is 1. The van der Waals surface area contributed by atoms with Gasteiger partial charge < -0.3 is 10.2 Å². The van der Waals surface area contributed by atoms with E-state index in [1.54, 1.807) is 0 Å². The van der Waals surface area contributed by atoms with Crippen molar-refractivity contribution in [3.05, 3.63) is 23.8 Å². The van der Waals surface area contributed by atoms with Gasteiger partial charge in [-0.05, 0) is 50.9 Å². The monoisotopic (exact) mass is 396 g/mol. The van der Waals surface area contributed by atoms with Crippen molar-refractivity contribution < 1.29 is 19.4 Å². The van der Waals surface area contributed by atoms with E-state index in [2.05, 4.69) is 6.08 Å². The van der Waals surface area contributed by atoms with Crippen LogP contribution in [0.25, 0.3) is 0 Å². The van der Waals surface area contributed by atoms with Crippen LogP contribution in [0.2, 0.25) is 0 Å². The minimum Gasteiger partial charge on any atom is -0.390 e. The van der Waals surface area contributed by atoms with Gasteiger partial charge in [0.2, 0.25) is 0 Å². The molecule has 5 heteroatoms. The molecule has 3 fully saturated rings. The Bertz CT molecular complexity index is 735. The summed E-state index contributed by atoms with van der Waals surface area (Å²) < 4.78 is 16.9. The number of alkyl halides is 2. The highest BCUT2D eigenvalue weighted by Gasteiger charge is 2.75. The predicted octanol–water partition coefficient (Wildman–Crippen LogP) is 3.96. The Morgan fingerprint density at radius 1 is 1.37 bits per heavy atom. The third-order valence-electron chi connectivity index (χ3n) is 8.82. The van der Waals surface area contributed by atoms with Gasteiger partial charge in [0.1, 0.15) is 5.60 Å². The highest BCUT2D eigenvalue weighted by molar-refractivity contribution is 6.29. The van der Waals surface area contributed by atoms with Crippen molar-refractivity contribution in [2.45, 2.75) is 70.2 Å². The van der Waals surface area contributed by atoms with E-state index in [1.165, 1.54) is 0 Å². The molecule has 0 amide bonds.